The Balaban J connectivity index is 2.11. The van der Waals surface area contributed by atoms with Crippen molar-refractivity contribution in [2.75, 3.05) is 13.1 Å². The first kappa shape index (κ1) is 22.3. The fraction of sp³-hybridized carbons (Fsp3) is 0.350. The zero-order valence-corrected chi connectivity index (χ0v) is 16.0. The van der Waals surface area contributed by atoms with Crippen LogP contribution in [0.5, 0.6) is 0 Å². The molecule has 2 amide bonds. The number of rotatable bonds is 7. The Labute approximate surface area is 165 Å². The van der Waals surface area contributed by atoms with Gasteiger partial charge in [-0.3, -0.25) is 14.6 Å². The van der Waals surface area contributed by atoms with E-state index in [9.17, 15) is 27.2 Å². The topological polar surface area (TPSA) is 62.3 Å². The summed E-state index contributed by atoms with van der Waals surface area (Å²) in [6.07, 6.45) is -1.93. The number of nitrogens with zero attached hydrogens (tertiary/aromatic N) is 2. The van der Waals surface area contributed by atoms with Crippen LogP contribution in [0.2, 0.25) is 0 Å². The van der Waals surface area contributed by atoms with Gasteiger partial charge in [0, 0.05) is 43.5 Å². The minimum absolute atomic E-state index is 0.0126. The highest BCUT2D eigenvalue weighted by Gasteiger charge is 2.35. The minimum atomic E-state index is -4.83. The second-order valence-electron chi connectivity index (χ2n) is 6.69. The van der Waals surface area contributed by atoms with E-state index < -0.39 is 29.4 Å². The number of carbonyl (C=O) groups excluding carboxylic acids is 2. The Morgan fingerprint density at radius 1 is 1.17 bits per heavy atom. The summed E-state index contributed by atoms with van der Waals surface area (Å²) < 4.78 is 53.1. The first-order chi connectivity index (χ1) is 13.6. The predicted octanol–water partition coefficient (Wildman–Crippen LogP) is 3.65. The number of amides is 2. The van der Waals surface area contributed by atoms with E-state index in [0.29, 0.717) is 11.6 Å². The zero-order chi connectivity index (χ0) is 21.6. The van der Waals surface area contributed by atoms with E-state index in [4.69, 9.17) is 0 Å². The van der Waals surface area contributed by atoms with Crippen molar-refractivity contribution in [2.24, 2.45) is 5.92 Å². The molecule has 5 nitrogen and oxygen atoms in total. The van der Waals surface area contributed by atoms with Gasteiger partial charge in [0.15, 0.2) is 0 Å². The Morgan fingerprint density at radius 2 is 1.90 bits per heavy atom. The first-order valence-corrected chi connectivity index (χ1v) is 8.93. The lowest BCUT2D eigenvalue weighted by molar-refractivity contribution is -0.140. The molecule has 0 saturated heterocycles. The van der Waals surface area contributed by atoms with Crippen LogP contribution in [0.15, 0.2) is 42.7 Å². The van der Waals surface area contributed by atoms with Gasteiger partial charge in [-0.15, -0.1) is 0 Å². The molecule has 1 aromatic carbocycles. The normalized spacial score (nSPS) is 11.4. The SMILES string of the molecule is CC(C)C(=O)N(CCNC(=O)c1cccnc1)Cc1cccc(C(F)(F)F)c1F. The molecule has 0 atom stereocenters. The molecule has 0 aliphatic heterocycles. The molecular weight excluding hydrogens is 390 g/mol. The molecule has 2 rings (SSSR count). The van der Waals surface area contributed by atoms with Gasteiger partial charge in [-0.1, -0.05) is 26.0 Å². The molecule has 156 valence electrons. The standard InChI is InChI=1S/C20H21F4N3O2/c1-13(2)19(29)27(10-9-26-18(28)14-6-4-8-25-11-14)12-15-5-3-7-16(17(15)21)20(22,23)24/h3-8,11,13H,9-10,12H2,1-2H3,(H,26,28). The maximum absolute atomic E-state index is 14.3. The van der Waals surface area contributed by atoms with Gasteiger partial charge < -0.3 is 10.2 Å². The average molecular weight is 411 g/mol. The van der Waals surface area contributed by atoms with E-state index in [2.05, 4.69) is 10.3 Å². The summed E-state index contributed by atoms with van der Waals surface area (Å²) in [5.41, 5.74) is -1.29. The fourth-order valence-corrected chi connectivity index (χ4v) is 2.66. The van der Waals surface area contributed by atoms with Crippen LogP contribution in [0.25, 0.3) is 0 Å². The summed E-state index contributed by atoms with van der Waals surface area (Å²) in [6, 6.07) is 6.13. The van der Waals surface area contributed by atoms with Gasteiger partial charge in [-0.2, -0.15) is 13.2 Å². The molecule has 1 aromatic heterocycles. The van der Waals surface area contributed by atoms with Gasteiger partial charge in [-0.05, 0) is 18.2 Å². The molecule has 1 heterocycles. The summed E-state index contributed by atoms with van der Waals surface area (Å²) in [6.45, 7) is 2.99. The second-order valence-corrected chi connectivity index (χ2v) is 6.69. The van der Waals surface area contributed by atoms with E-state index in [1.807, 2.05) is 0 Å². The molecule has 9 heteroatoms. The number of nitrogens with one attached hydrogen (secondary N) is 1. The third-order valence-corrected chi connectivity index (χ3v) is 4.14. The monoisotopic (exact) mass is 411 g/mol. The van der Waals surface area contributed by atoms with Crippen molar-refractivity contribution >= 4 is 11.8 Å². The highest BCUT2D eigenvalue weighted by Crippen LogP contribution is 2.32. The van der Waals surface area contributed by atoms with E-state index >= 15 is 0 Å². The van der Waals surface area contributed by atoms with Crippen LogP contribution in [0.4, 0.5) is 17.6 Å². The molecule has 0 radical (unpaired) electrons. The van der Waals surface area contributed by atoms with Crippen LogP contribution >= 0.6 is 0 Å². The molecule has 0 saturated carbocycles. The summed E-state index contributed by atoms with van der Waals surface area (Å²) in [5, 5.41) is 2.61. The number of halogens is 4. The van der Waals surface area contributed by atoms with Gasteiger partial charge >= 0.3 is 6.18 Å². The summed E-state index contributed by atoms with van der Waals surface area (Å²) in [7, 11) is 0. The number of hydrogen-bond acceptors (Lipinski definition) is 3. The van der Waals surface area contributed by atoms with E-state index in [-0.39, 0.29) is 31.1 Å². The Morgan fingerprint density at radius 3 is 2.48 bits per heavy atom. The lowest BCUT2D eigenvalue weighted by Crippen LogP contribution is -2.40. The van der Waals surface area contributed by atoms with Crippen molar-refractivity contribution in [3.05, 3.63) is 65.2 Å². The maximum atomic E-state index is 14.3. The molecule has 29 heavy (non-hydrogen) atoms. The summed E-state index contributed by atoms with van der Waals surface area (Å²) >= 11 is 0. The Bertz CT molecular complexity index is 855. The van der Waals surface area contributed by atoms with Gasteiger partial charge in [0.1, 0.15) is 5.82 Å². The van der Waals surface area contributed by atoms with Crippen LogP contribution < -0.4 is 5.32 Å². The molecule has 0 fully saturated rings. The van der Waals surface area contributed by atoms with Gasteiger partial charge in [-0.25, -0.2) is 4.39 Å². The van der Waals surface area contributed by atoms with Crippen LogP contribution in [-0.2, 0) is 17.5 Å². The van der Waals surface area contributed by atoms with E-state index in [1.54, 1.807) is 26.0 Å². The van der Waals surface area contributed by atoms with Crippen LogP contribution in [0.1, 0.15) is 35.3 Å². The average Bonchev–Trinajstić information content (AvgIpc) is 2.67. The number of hydrogen-bond donors (Lipinski definition) is 1. The quantitative estimate of drug-likeness (QED) is 0.708. The predicted molar refractivity (Wildman–Crippen MR) is 98.2 cm³/mol. The largest absolute Gasteiger partial charge is 0.419 e. The van der Waals surface area contributed by atoms with Crippen molar-refractivity contribution < 1.29 is 27.2 Å². The van der Waals surface area contributed by atoms with Crippen LogP contribution in [0, 0.1) is 11.7 Å². The zero-order valence-electron chi connectivity index (χ0n) is 16.0. The first-order valence-electron chi connectivity index (χ1n) is 8.93. The van der Waals surface area contributed by atoms with Crippen molar-refractivity contribution in [2.45, 2.75) is 26.6 Å². The maximum Gasteiger partial charge on any atom is 0.419 e. The Hall–Kier alpha value is -2.97. The molecule has 2 aromatic rings. The van der Waals surface area contributed by atoms with Crippen LogP contribution in [-0.4, -0.2) is 34.8 Å². The lowest BCUT2D eigenvalue weighted by Gasteiger charge is -2.25. The van der Waals surface area contributed by atoms with Crippen molar-refractivity contribution in [1.82, 2.24) is 15.2 Å². The van der Waals surface area contributed by atoms with Crippen LogP contribution in [0.3, 0.4) is 0 Å². The highest BCUT2D eigenvalue weighted by molar-refractivity contribution is 5.93. The van der Waals surface area contributed by atoms with Crippen molar-refractivity contribution in [1.29, 1.82) is 0 Å². The lowest BCUT2D eigenvalue weighted by atomic mass is 10.1. The number of carbonyl (C=O) groups is 2. The van der Waals surface area contributed by atoms with Gasteiger partial charge in [0.25, 0.3) is 5.91 Å². The van der Waals surface area contributed by atoms with Crippen molar-refractivity contribution in [3.63, 3.8) is 0 Å². The number of alkyl halides is 3. The Kier molecular flexibility index (Phi) is 7.30. The number of benzene rings is 1. The number of aromatic nitrogens is 1. The third kappa shape index (κ3) is 6.00. The summed E-state index contributed by atoms with van der Waals surface area (Å²) in [4.78, 5) is 29.6. The molecule has 0 bridgehead atoms. The number of pyridine rings is 1. The molecule has 1 N–H and O–H groups in total. The molecular formula is C20H21F4N3O2. The van der Waals surface area contributed by atoms with E-state index in [0.717, 1.165) is 6.07 Å². The third-order valence-electron chi connectivity index (χ3n) is 4.14. The molecule has 0 spiro atoms. The smallest absolute Gasteiger partial charge is 0.350 e. The van der Waals surface area contributed by atoms with Crippen molar-refractivity contribution in [3.8, 4) is 0 Å². The molecule has 0 aliphatic carbocycles. The summed E-state index contributed by atoms with van der Waals surface area (Å²) in [5.74, 6) is -2.61. The molecule has 0 aliphatic rings. The molecule has 0 unspecified atom stereocenters. The fourth-order valence-electron chi connectivity index (χ4n) is 2.66. The highest BCUT2D eigenvalue weighted by atomic mass is 19.4. The van der Waals surface area contributed by atoms with Gasteiger partial charge in [0.2, 0.25) is 5.91 Å². The second kappa shape index (κ2) is 9.49. The minimum Gasteiger partial charge on any atom is -0.350 e. The van der Waals surface area contributed by atoms with Gasteiger partial charge in [0.05, 0.1) is 11.1 Å². The van der Waals surface area contributed by atoms with E-state index in [1.165, 1.54) is 23.4 Å².